The van der Waals surface area contributed by atoms with Crippen LogP contribution in [0.5, 0.6) is 0 Å². The van der Waals surface area contributed by atoms with E-state index in [2.05, 4.69) is 15.0 Å². The molecule has 3 heterocycles. The maximum atomic E-state index is 12.0. The largest absolute Gasteiger partial charge is 0.480 e. The SMILES string of the molecule is CC(C(=O)O)(C(=O)O)[C@@]1(n2cnc3c(N)ncnc32)O[C@H](CO)[C@@H](O)[C@H]1O. The van der Waals surface area contributed by atoms with E-state index in [9.17, 15) is 35.1 Å². The predicted molar refractivity (Wildman–Crippen MR) is 85.1 cm³/mol. The number of carboxylic acid groups (broad SMARTS) is 2. The fourth-order valence-electron chi connectivity index (χ4n) is 3.30. The number of hydrogen-bond donors (Lipinski definition) is 6. The van der Waals surface area contributed by atoms with Crippen LogP contribution in [0.25, 0.3) is 11.2 Å². The van der Waals surface area contributed by atoms with Crippen LogP contribution in [0.4, 0.5) is 5.82 Å². The van der Waals surface area contributed by atoms with Gasteiger partial charge in [0.15, 0.2) is 11.5 Å². The van der Waals surface area contributed by atoms with Gasteiger partial charge in [-0.3, -0.25) is 14.2 Å². The second-order valence-corrected chi connectivity index (χ2v) is 6.25. The lowest BCUT2D eigenvalue weighted by molar-refractivity contribution is -0.231. The number of fused-ring (bicyclic) bond motifs is 1. The van der Waals surface area contributed by atoms with Gasteiger partial charge in [-0.2, -0.15) is 0 Å². The molecular weight excluding hydrogens is 366 g/mol. The normalized spacial score (nSPS) is 28.5. The Kier molecular flexibility index (Phi) is 4.26. The summed E-state index contributed by atoms with van der Waals surface area (Å²) in [6.07, 6.45) is -3.31. The van der Waals surface area contributed by atoms with E-state index in [1.165, 1.54) is 0 Å². The van der Waals surface area contributed by atoms with Crippen LogP contribution in [0.3, 0.4) is 0 Å². The van der Waals surface area contributed by atoms with Crippen LogP contribution in [-0.2, 0) is 20.1 Å². The van der Waals surface area contributed by atoms with Gasteiger partial charge in [-0.15, -0.1) is 0 Å². The van der Waals surface area contributed by atoms with Crippen LogP contribution in [0, 0.1) is 5.41 Å². The summed E-state index contributed by atoms with van der Waals surface area (Å²) >= 11 is 0. The monoisotopic (exact) mass is 383 g/mol. The highest BCUT2D eigenvalue weighted by Gasteiger charge is 2.71. The minimum absolute atomic E-state index is 0.00717. The van der Waals surface area contributed by atoms with Crippen LogP contribution < -0.4 is 5.73 Å². The van der Waals surface area contributed by atoms with Gasteiger partial charge < -0.3 is 36.0 Å². The summed E-state index contributed by atoms with van der Waals surface area (Å²) in [5.41, 5.74) is 0.167. The number of aromatic nitrogens is 4. The topological polar surface area (TPSA) is 214 Å². The molecule has 2 aromatic heterocycles. The van der Waals surface area contributed by atoms with Crippen molar-refractivity contribution in [2.24, 2.45) is 5.41 Å². The summed E-state index contributed by atoms with van der Waals surface area (Å²) in [6, 6.07) is 0. The van der Waals surface area contributed by atoms with Crippen LogP contribution in [-0.4, -0.2) is 81.9 Å². The molecule has 1 saturated heterocycles. The molecule has 1 fully saturated rings. The lowest BCUT2D eigenvalue weighted by atomic mass is 9.75. The molecule has 146 valence electrons. The Labute approximate surface area is 150 Å². The first-order chi connectivity index (χ1) is 12.6. The van der Waals surface area contributed by atoms with E-state index >= 15 is 0 Å². The molecule has 0 radical (unpaired) electrons. The van der Waals surface area contributed by atoms with Gasteiger partial charge in [0.1, 0.15) is 30.2 Å². The highest BCUT2D eigenvalue weighted by atomic mass is 16.6. The summed E-state index contributed by atoms with van der Waals surface area (Å²) in [7, 11) is 0. The zero-order valence-corrected chi connectivity index (χ0v) is 13.9. The van der Waals surface area contributed by atoms with Crippen LogP contribution in [0.1, 0.15) is 6.92 Å². The number of hydrogen-bond acceptors (Lipinski definition) is 10. The van der Waals surface area contributed by atoms with Crippen LogP contribution in [0.15, 0.2) is 12.7 Å². The van der Waals surface area contributed by atoms with E-state index in [1.54, 1.807) is 0 Å². The van der Waals surface area contributed by atoms with Crippen molar-refractivity contribution in [1.82, 2.24) is 19.5 Å². The average molecular weight is 383 g/mol. The first kappa shape index (κ1) is 18.9. The number of aliphatic hydroxyl groups excluding tert-OH is 3. The molecular formula is C14H17N5O8. The van der Waals surface area contributed by atoms with Crippen molar-refractivity contribution in [3.8, 4) is 0 Å². The molecule has 4 atom stereocenters. The molecule has 27 heavy (non-hydrogen) atoms. The molecule has 2 aromatic rings. The zero-order valence-electron chi connectivity index (χ0n) is 13.9. The quantitative estimate of drug-likeness (QED) is 0.292. The Morgan fingerprint density at radius 1 is 1.30 bits per heavy atom. The van der Waals surface area contributed by atoms with Crippen molar-refractivity contribution in [3.63, 3.8) is 0 Å². The number of nitrogens with two attached hydrogens (primary N) is 1. The minimum Gasteiger partial charge on any atom is -0.480 e. The number of aliphatic carboxylic acids is 2. The van der Waals surface area contributed by atoms with E-state index in [0.717, 1.165) is 24.1 Å². The molecule has 0 aromatic carbocycles. The fraction of sp³-hybridized carbons (Fsp3) is 0.500. The number of ether oxygens (including phenoxy) is 1. The van der Waals surface area contributed by atoms with Crippen LogP contribution >= 0.6 is 0 Å². The van der Waals surface area contributed by atoms with Crippen molar-refractivity contribution >= 4 is 28.9 Å². The number of imidazole rings is 1. The summed E-state index contributed by atoms with van der Waals surface area (Å²) < 4.78 is 6.39. The zero-order chi connectivity index (χ0) is 20.1. The van der Waals surface area contributed by atoms with Gasteiger partial charge in [-0.25, -0.2) is 15.0 Å². The fourth-order valence-corrected chi connectivity index (χ4v) is 3.30. The summed E-state index contributed by atoms with van der Waals surface area (Å²) in [5, 5.41) is 49.8. The summed E-state index contributed by atoms with van der Waals surface area (Å²) in [5.74, 6) is -3.79. The number of rotatable bonds is 5. The molecule has 0 amide bonds. The second kappa shape index (κ2) is 6.09. The van der Waals surface area contributed by atoms with E-state index in [0.29, 0.717) is 0 Å². The van der Waals surface area contributed by atoms with Crippen molar-refractivity contribution in [3.05, 3.63) is 12.7 Å². The molecule has 7 N–H and O–H groups in total. The molecule has 13 nitrogen and oxygen atoms in total. The van der Waals surface area contributed by atoms with E-state index in [1.807, 2.05) is 0 Å². The van der Waals surface area contributed by atoms with Crippen molar-refractivity contribution < 1.29 is 39.9 Å². The van der Waals surface area contributed by atoms with Crippen molar-refractivity contribution in [2.45, 2.75) is 31.0 Å². The molecule has 0 bridgehead atoms. The predicted octanol–water partition coefficient (Wildman–Crippen LogP) is -2.65. The molecule has 3 rings (SSSR count). The average Bonchev–Trinajstić information content (AvgIpc) is 3.16. The van der Waals surface area contributed by atoms with Gasteiger partial charge in [0, 0.05) is 0 Å². The highest BCUT2D eigenvalue weighted by molar-refractivity contribution is 5.99. The standard InChI is InChI=1S/C14H17N5O8/c1-13(11(23)24,12(25)26)14(8(22)7(21)5(2-20)27-14)19-4-18-6-9(15)16-3-17-10(6)19/h3-5,7-8,20-22H,2H2,1H3,(H,23,24)(H,25,26)(H2,15,16,17)/t5-,7-,8-,14+/m1/s1. The third kappa shape index (κ3) is 2.22. The number of nitrogen functional groups attached to an aromatic ring is 1. The van der Waals surface area contributed by atoms with Crippen molar-refractivity contribution in [1.29, 1.82) is 0 Å². The number of anilines is 1. The van der Waals surface area contributed by atoms with Gasteiger partial charge in [0.25, 0.3) is 0 Å². The molecule has 0 saturated carbocycles. The second-order valence-electron chi connectivity index (χ2n) is 6.25. The lowest BCUT2D eigenvalue weighted by Crippen LogP contribution is -2.63. The molecule has 0 aliphatic carbocycles. The van der Waals surface area contributed by atoms with E-state index in [4.69, 9.17) is 10.5 Å². The van der Waals surface area contributed by atoms with Gasteiger partial charge in [0.2, 0.25) is 11.1 Å². The van der Waals surface area contributed by atoms with Crippen LogP contribution in [0.2, 0.25) is 0 Å². The Hall–Kier alpha value is -2.87. The first-order valence-corrected chi connectivity index (χ1v) is 7.68. The van der Waals surface area contributed by atoms with E-state index < -0.39 is 48.0 Å². The molecule has 0 unspecified atom stereocenters. The summed E-state index contributed by atoms with van der Waals surface area (Å²) in [4.78, 5) is 35.6. The maximum absolute atomic E-state index is 12.0. The minimum atomic E-state index is -2.81. The number of aliphatic hydroxyl groups is 3. The lowest BCUT2D eigenvalue weighted by Gasteiger charge is -2.42. The Morgan fingerprint density at radius 2 is 1.93 bits per heavy atom. The Bertz CT molecular complexity index is 902. The van der Waals surface area contributed by atoms with Gasteiger partial charge >= 0.3 is 11.9 Å². The molecule has 1 aliphatic heterocycles. The Morgan fingerprint density at radius 3 is 2.44 bits per heavy atom. The van der Waals surface area contributed by atoms with Gasteiger partial charge in [-0.1, -0.05) is 0 Å². The molecule has 13 heteroatoms. The highest BCUT2D eigenvalue weighted by Crippen LogP contribution is 2.50. The third-order valence-corrected chi connectivity index (χ3v) is 4.91. The van der Waals surface area contributed by atoms with Crippen molar-refractivity contribution in [2.75, 3.05) is 12.3 Å². The molecule has 1 aliphatic rings. The van der Waals surface area contributed by atoms with E-state index in [-0.39, 0.29) is 17.0 Å². The molecule has 0 spiro atoms. The smallest absolute Gasteiger partial charge is 0.325 e. The third-order valence-electron chi connectivity index (χ3n) is 4.91. The maximum Gasteiger partial charge on any atom is 0.325 e. The Balaban J connectivity index is 2.41. The number of nitrogens with zero attached hydrogens (tertiary/aromatic N) is 4. The number of carboxylic acids is 2. The van der Waals surface area contributed by atoms with Gasteiger partial charge in [-0.05, 0) is 6.92 Å². The number of carbonyl (C=O) groups is 2. The first-order valence-electron chi connectivity index (χ1n) is 7.68. The van der Waals surface area contributed by atoms with Gasteiger partial charge in [0.05, 0.1) is 12.9 Å². The summed E-state index contributed by atoms with van der Waals surface area (Å²) in [6.45, 7) is 0.00277.